The van der Waals surface area contributed by atoms with E-state index in [1.807, 2.05) is 30.3 Å². The molecule has 2 rings (SSSR count). The molecule has 0 amide bonds. The van der Waals surface area contributed by atoms with Crippen molar-refractivity contribution in [2.45, 2.75) is 12.5 Å². The second-order valence-electron chi connectivity index (χ2n) is 4.36. The maximum Gasteiger partial charge on any atom is 0.157 e. The van der Waals surface area contributed by atoms with Crippen LogP contribution in [0.5, 0.6) is 0 Å². The zero-order valence-electron chi connectivity index (χ0n) is 11.2. The summed E-state index contributed by atoms with van der Waals surface area (Å²) in [6.45, 7) is 0.386. The van der Waals surface area contributed by atoms with Crippen LogP contribution in [0.25, 0.3) is 0 Å². The van der Waals surface area contributed by atoms with E-state index in [9.17, 15) is 5.11 Å². The molecule has 1 atom stereocenters. The van der Waals surface area contributed by atoms with Crippen LogP contribution in [0.3, 0.4) is 0 Å². The minimum absolute atomic E-state index is 0.350. The molecule has 6 heteroatoms. The average Bonchev–Trinajstić information content (AvgIpc) is 2.46. The Hall–Kier alpha value is -1.85. The van der Waals surface area contributed by atoms with Gasteiger partial charge in [-0.3, -0.25) is 0 Å². The maximum absolute atomic E-state index is 10.0. The SMILES string of the molecule is CNc1c(Cl)ncnc1NCC(O)Cc1ccccc1. The predicted molar refractivity (Wildman–Crippen MR) is 81.2 cm³/mol. The summed E-state index contributed by atoms with van der Waals surface area (Å²) in [5.74, 6) is 0.583. The molecule has 5 nitrogen and oxygen atoms in total. The molecular formula is C14H17ClN4O. The third kappa shape index (κ3) is 3.82. The minimum Gasteiger partial charge on any atom is -0.391 e. The van der Waals surface area contributed by atoms with Crippen LogP contribution in [-0.4, -0.2) is 34.8 Å². The van der Waals surface area contributed by atoms with Crippen LogP contribution in [0.2, 0.25) is 5.15 Å². The van der Waals surface area contributed by atoms with E-state index in [0.717, 1.165) is 5.56 Å². The second kappa shape index (κ2) is 7.07. The van der Waals surface area contributed by atoms with Crippen molar-refractivity contribution in [3.63, 3.8) is 0 Å². The fourth-order valence-electron chi connectivity index (χ4n) is 1.89. The molecule has 3 N–H and O–H groups in total. The molecule has 0 saturated heterocycles. The lowest BCUT2D eigenvalue weighted by Crippen LogP contribution is -2.22. The van der Waals surface area contributed by atoms with Crippen molar-refractivity contribution in [3.05, 3.63) is 47.4 Å². The van der Waals surface area contributed by atoms with Gasteiger partial charge in [-0.1, -0.05) is 41.9 Å². The highest BCUT2D eigenvalue weighted by Crippen LogP contribution is 2.25. The van der Waals surface area contributed by atoms with Crippen molar-refractivity contribution in [2.75, 3.05) is 24.2 Å². The molecule has 0 aliphatic carbocycles. The minimum atomic E-state index is -0.504. The van der Waals surface area contributed by atoms with Crippen LogP contribution in [0.15, 0.2) is 36.7 Å². The first-order chi connectivity index (χ1) is 9.70. The Morgan fingerprint density at radius 1 is 1.25 bits per heavy atom. The van der Waals surface area contributed by atoms with Gasteiger partial charge in [0.05, 0.1) is 6.10 Å². The quantitative estimate of drug-likeness (QED) is 0.712. The fourth-order valence-corrected chi connectivity index (χ4v) is 2.12. The molecule has 106 valence electrons. The topological polar surface area (TPSA) is 70.1 Å². The summed E-state index contributed by atoms with van der Waals surface area (Å²) < 4.78 is 0. The Kier molecular flexibility index (Phi) is 5.15. The van der Waals surface area contributed by atoms with Crippen molar-refractivity contribution < 1.29 is 5.11 Å². The number of aliphatic hydroxyl groups excluding tert-OH is 1. The standard InChI is InChI=1S/C14H17ClN4O/c1-16-12-13(15)18-9-19-14(12)17-8-11(20)7-10-5-3-2-4-6-10/h2-6,9,11,16,20H,7-8H2,1H3,(H,17,18,19). The molecule has 2 aromatic rings. The van der Waals surface area contributed by atoms with Gasteiger partial charge < -0.3 is 15.7 Å². The second-order valence-corrected chi connectivity index (χ2v) is 4.72. The summed E-state index contributed by atoms with van der Waals surface area (Å²) in [5, 5.41) is 16.4. The number of anilines is 2. The lowest BCUT2D eigenvalue weighted by atomic mass is 10.1. The van der Waals surface area contributed by atoms with Crippen LogP contribution in [0, 0.1) is 0 Å². The first-order valence-corrected chi connectivity index (χ1v) is 6.72. The van der Waals surface area contributed by atoms with Crippen LogP contribution in [0.1, 0.15) is 5.56 Å². The molecule has 1 aromatic carbocycles. The highest BCUT2D eigenvalue weighted by atomic mass is 35.5. The molecular weight excluding hydrogens is 276 g/mol. The molecule has 1 aromatic heterocycles. The molecule has 0 radical (unpaired) electrons. The van der Waals surface area contributed by atoms with E-state index in [1.165, 1.54) is 6.33 Å². The van der Waals surface area contributed by atoms with Gasteiger partial charge in [0.25, 0.3) is 0 Å². The van der Waals surface area contributed by atoms with E-state index >= 15 is 0 Å². The Balaban J connectivity index is 1.94. The van der Waals surface area contributed by atoms with Crippen molar-refractivity contribution in [3.8, 4) is 0 Å². The lowest BCUT2D eigenvalue weighted by Gasteiger charge is -2.15. The number of hydrogen-bond acceptors (Lipinski definition) is 5. The van der Waals surface area contributed by atoms with Crippen LogP contribution in [-0.2, 0) is 6.42 Å². The van der Waals surface area contributed by atoms with Gasteiger partial charge in [0.15, 0.2) is 11.0 Å². The third-order valence-electron chi connectivity index (χ3n) is 2.87. The first-order valence-electron chi connectivity index (χ1n) is 6.35. The smallest absolute Gasteiger partial charge is 0.157 e. The van der Waals surface area contributed by atoms with Crippen molar-refractivity contribution in [2.24, 2.45) is 0 Å². The summed E-state index contributed by atoms with van der Waals surface area (Å²) >= 11 is 5.96. The molecule has 0 spiro atoms. The monoisotopic (exact) mass is 292 g/mol. The molecule has 0 bridgehead atoms. The van der Waals surface area contributed by atoms with Crippen LogP contribution >= 0.6 is 11.6 Å². The molecule has 1 heterocycles. The van der Waals surface area contributed by atoms with E-state index in [2.05, 4.69) is 20.6 Å². The third-order valence-corrected chi connectivity index (χ3v) is 3.16. The van der Waals surface area contributed by atoms with Gasteiger partial charge >= 0.3 is 0 Å². The summed E-state index contributed by atoms with van der Waals surface area (Å²) in [6, 6.07) is 9.85. The van der Waals surface area contributed by atoms with E-state index in [-0.39, 0.29) is 0 Å². The Bertz CT molecular complexity index is 550. The fraction of sp³-hybridized carbons (Fsp3) is 0.286. The van der Waals surface area contributed by atoms with Crippen LogP contribution < -0.4 is 10.6 Å². The average molecular weight is 293 g/mol. The largest absolute Gasteiger partial charge is 0.391 e. The number of nitrogens with zero attached hydrogens (tertiary/aromatic N) is 2. The zero-order valence-corrected chi connectivity index (χ0v) is 11.9. The van der Waals surface area contributed by atoms with E-state index in [1.54, 1.807) is 7.05 Å². The number of nitrogens with one attached hydrogen (secondary N) is 2. The molecule has 0 fully saturated rings. The molecule has 1 unspecified atom stereocenters. The van der Waals surface area contributed by atoms with E-state index in [0.29, 0.717) is 29.6 Å². The summed E-state index contributed by atoms with van der Waals surface area (Å²) in [6.07, 6.45) is 1.47. The number of aromatic nitrogens is 2. The summed E-state index contributed by atoms with van der Waals surface area (Å²) in [5.41, 5.74) is 1.72. The maximum atomic E-state index is 10.0. The summed E-state index contributed by atoms with van der Waals surface area (Å²) in [4.78, 5) is 8.00. The molecule has 0 aliphatic heterocycles. The number of aliphatic hydroxyl groups is 1. The first kappa shape index (κ1) is 14.6. The normalized spacial score (nSPS) is 11.9. The zero-order chi connectivity index (χ0) is 14.4. The van der Waals surface area contributed by atoms with Crippen molar-refractivity contribution in [1.82, 2.24) is 9.97 Å². The number of hydrogen-bond donors (Lipinski definition) is 3. The highest BCUT2D eigenvalue weighted by Gasteiger charge is 2.10. The van der Waals surface area contributed by atoms with Gasteiger partial charge in [-0.2, -0.15) is 0 Å². The van der Waals surface area contributed by atoms with Gasteiger partial charge in [0.2, 0.25) is 0 Å². The van der Waals surface area contributed by atoms with E-state index < -0.39 is 6.10 Å². The summed E-state index contributed by atoms with van der Waals surface area (Å²) in [7, 11) is 1.75. The lowest BCUT2D eigenvalue weighted by molar-refractivity contribution is 0.188. The number of rotatable bonds is 6. The van der Waals surface area contributed by atoms with Crippen LogP contribution in [0.4, 0.5) is 11.5 Å². The Morgan fingerprint density at radius 2 is 2.00 bits per heavy atom. The Labute approximate surface area is 123 Å². The van der Waals surface area contributed by atoms with Crippen molar-refractivity contribution in [1.29, 1.82) is 0 Å². The molecule has 0 aliphatic rings. The van der Waals surface area contributed by atoms with Crippen molar-refractivity contribution >= 4 is 23.1 Å². The van der Waals surface area contributed by atoms with Gasteiger partial charge in [0, 0.05) is 20.0 Å². The number of halogens is 1. The molecule has 0 saturated carbocycles. The van der Waals surface area contributed by atoms with Gasteiger partial charge in [0.1, 0.15) is 12.0 Å². The highest BCUT2D eigenvalue weighted by molar-refractivity contribution is 6.32. The number of benzene rings is 1. The Morgan fingerprint density at radius 3 is 2.70 bits per heavy atom. The predicted octanol–water partition coefficient (Wildman–Crippen LogP) is 2.19. The van der Waals surface area contributed by atoms with Gasteiger partial charge in [-0.05, 0) is 5.56 Å². The van der Waals surface area contributed by atoms with Gasteiger partial charge in [-0.25, -0.2) is 9.97 Å². The van der Waals surface area contributed by atoms with E-state index in [4.69, 9.17) is 11.6 Å². The van der Waals surface area contributed by atoms with Gasteiger partial charge in [-0.15, -0.1) is 0 Å². The molecule has 20 heavy (non-hydrogen) atoms.